The Bertz CT molecular complexity index is 418. The number of carboxylic acid groups (broad SMARTS) is 1. The number of likely N-dealkylation sites (tertiary alicyclic amines) is 1. The first-order valence-corrected chi connectivity index (χ1v) is 8.49. The van der Waals surface area contributed by atoms with E-state index in [2.05, 4.69) is 13.8 Å². The van der Waals surface area contributed by atoms with Crippen LogP contribution < -0.4 is 0 Å². The van der Waals surface area contributed by atoms with Gasteiger partial charge >= 0.3 is 5.97 Å². The van der Waals surface area contributed by atoms with Gasteiger partial charge in [0, 0.05) is 13.1 Å². The van der Waals surface area contributed by atoms with Gasteiger partial charge in [0.2, 0.25) is 5.91 Å². The summed E-state index contributed by atoms with van der Waals surface area (Å²) in [4.78, 5) is 26.7. The van der Waals surface area contributed by atoms with Crippen molar-refractivity contribution >= 4 is 11.9 Å². The van der Waals surface area contributed by atoms with Crippen LogP contribution in [0, 0.1) is 35.5 Å². The van der Waals surface area contributed by atoms with Crippen molar-refractivity contribution in [3.63, 3.8) is 0 Å². The predicted octanol–water partition coefficient (Wildman–Crippen LogP) is 2.63. The first-order chi connectivity index (χ1) is 9.97. The lowest BCUT2D eigenvalue weighted by Gasteiger charge is -2.48. The van der Waals surface area contributed by atoms with E-state index in [1.165, 1.54) is 6.42 Å². The molecule has 1 aliphatic heterocycles. The van der Waals surface area contributed by atoms with E-state index in [4.69, 9.17) is 0 Å². The summed E-state index contributed by atoms with van der Waals surface area (Å²) < 4.78 is 0. The number of hydrogen-bond donors (Lipinski definition) is 1. The van der Waals surface area contributed by atoms with Crippen LogP contribution in [0.1, 0.15) is 46.0 Å². The van der Waals surface area contributed by atoms with Gasteiger partial charge in [-0.1, -0.05) is 13.8 Å². The number of piperidine rings is 1. The standard InChI is InChI=1S/C17H27NO3/c1-10-7-11(2)9-18(8-10)16(19)14-12-3-5-13(6-4-12)15(14)17(20)21/h10-15H,3-9H2,1-2H3,(H,20,21)/t10-,11+,12?,13?,14-,15+/m1/s1. The largest absolute Gasteiger partial charge is 0.481 e. The molecule has 3 aliphatic carbocycles. The predicted molar refractivity (Wildman–Crippen MR) is 79.6 cm³/mol. The summed E-state index contributed by atoms with van der Waals surface area (Å²) >= 11 is 0. The van der Waals surface area contributed by atoms with Crippen molar-refractivity contribution in [2.75, 3.05) is 13.1 Å². The Hall–Kier alpha value is -1.06. The average molecular weight is 293 g/mol. The van der Waals surface area contributed by atoms with Crippen molar-refractivity contribution in [3.05, 3.63) is 0 Å². The van der Waals surface area contributed by atoms with Crippen LogP contribution >= 0.6 is 0 Å². The van der Waals surface area contributed by atoms with E-state index in [9.17, 15) is 14.7 Å². The first kappa shape index (κ1) is 14.9. The van der Waals surface area contributed by atoms with Crippen LogP contribution in [-0.2, 0) is 9.59 Å². The van der Waals surface area contributed by atoms with Gasteiger partial charge in [-0.3, -0.25) is 9.59 Å². The van der Waals surface area contributed by atoms with Crippen LogP contribution in [0.15, 0.2) is 0 Å². The summed E-state index contributed by atoms with van der Waals surface area (Å²) in [6, 6.07) is 0. The van der Waals surface area contributed by atoms with Gasteiger partial charge in [0.25, 0.3) is 0 Å². The molecule has 1 saturated heterocycles. The molecule has 1 amide bonds. The van der Waals surface area contributed by atoms with E-state index in [1.54, 1.807) is 0 Å². The quantitative estimate of drug-likeness (QED) is 0.851. The molecule has 4 aliphatic rings. The Kier molecular flexibility index (Phi) is 3.98. The molecule has 21 heavy (non-hydrogen) atoms. The van der Waals surface area contributed by atoms with Gasteiger partial charge in [0.05, 0.1) is 11.8 Å². The Morgan fingerprint density at radius 1 is 0.905 bits per heavy atom. The Morgan fingerprint density at radius 2 is 1.38 bits per heavy atom. The molecule has 1 N–H and O–H groups in total. The molecular weight excluding hydrogens is 266 g/mol. The Balaban J connectivity index is 1.80. The van der Waals surface area contributed by atoms with Crippen LogP contribution in [0.3, 0.4) is 0 Å². The van der Waals surface area contributed by atoms with Crippen LogP contribution in [0.25, 0.3) is 0 Å². The fraction of sp³-hybridized carbons (Fsp3) is 0.882. The molecule has 4 rings (SSSR count). The third-order valence-electron chi connectivity index (χ3n) is 5.97. The van der Waals surface area contributed by atoms with E-state index >= 15 is 0 Å². The minimum Gasteiger partial charge on any atom is -0.481 e. The van der Waals surface area contributed by atoms with Gasteiger partial charge in [-0.2, -0.15) is 0 Å². The molecule has 4 heteroatoms. The summed E-state index contributed by atoms with van der Waals surface area (Å²) in [6.45, 7) is 6.00. The minimum atomic E-state index is -0.749. The second kappa shape index (κ2) is 5.62. The maximum absolute atomic E-state index is 13.0. The number of aliphatic carboxylic acids is 1. The molecule has 0 aromatic carbocycles. The zero-order valence-electron chi connectivity index (χ0n) is 13.1. The van der Waals surface area contributed by atoms with Crippen molar-refractivity contribution in [1.82, 2.24) is 4.90 Å². The summed E-state index contributed by atoms with van der Waals surface area (Å²) in [6.07, 6.45) is 5.26. The fourth-order valence-corrected chi connectivity index (χ4v) is 5.21. The van der Waals surface area contributed by atoms with Crippen molar-refractivity contribution in [1.29, 1.82) is 0 Å². The van der Waals surface area contributed by atoms with Crippen molar-refractivity contribution in [2.24, 2.45) is 35.5 Å². The maximum atomic E-state index is 13.0. The van der Waals surface area contributed by atoms with E-state index in [0.29, 0.717) is 17.8 Å². The lowest BCUT2D eigenvalue weighted by molar-refractivity contribution is -0.163. The van der Waals surface area contributed by atoms with Gasteiger partial charge in [-0.25, -0.2) is 0 Å². The maximum Gasteiger partial charge on any atom is 0.307 e. The molecule has 1 heterocycles. The number of nitrogens with zero attached hydrogens (tertiary/aromatic N) is 1. The van der Waals surface area contributed by atoms with Gasteiger partial charge in [0.1, 0.15) is 0 Å². The van der Waals surface area contributed by atoms with Crippen molar-refractivity contribution in [3.8, 4) is 0 Å². The SMILES string of the molecule is C[C@@H]1C[C@H](C)CN(C(=O)[C@@H]2C3CCC(CC3)[C@@H]2C(=O)O)C1. The molecule has 0 spiro atoms. The number of carboxylic acids is 1. The minimum absolute atomic E-state index is 0.134. The van der Waals surface area contributed by atoms with E-state index in [1.807, 2.05) is 4.90 Å². The molecule has 4 fully saturated rings. The van der Waals surface area contributed by atoms with E-state index < -0.39 is 11.9 Å². The van der Waals surface area contributed by atoms with Crippen LogP contribution in [0.5, 0.6) is 0 Å². The average Bonchev–Trinajstić information content (AvgIpc) is 2.45. The second-order valence-corrected chi connectivity index (χ2v) is 7.75. The van der Waals surface area contributed by atoms with Gasteiger partial charge in [0.15, 0.2) is 0 Å². The summed E-state index contributed by atoms with van der Waals surface area (Å²) in [5, 5.41) is 9.61. The molecule has 2 bridgehead atoms. The summed E-state index contributed by atoms with van der Waals surface area (Å²) in [7, 11) is 0. The van der Waals surface area contributed by atoms with E-state index in [-0.39, 0.29) is 17.7 Å². The zero-order valence-corrected chi connectivity index (χ0v) is 13.1. The summed E-state index contributed by atoms with van der Waals surface area (Å²) in [5.41, 5.74) is 0. The van der Waals surface area contributed by atoms with E-state index in [0.717, 1.165) is 38.8 Å². The molecule has 0 unspecified atom stereocenters. The molecule has 118 valence electrons. The highest BCUT2D eigenvalue weighted by molar-refractivity contribution is 5.86. The van der Waals surface area contributed by atoms with Crippen LogP contribution in [-0.4, -0.2) is 35.0 Å². The molecule has 0 aromatic rings. The number of rotatable bonds is 2. The third-order valence-corrected chi connectivity index (χ3v) is 5.97. The third kappa shape index (κ3) is 2.69. The molecule has 3 saturated carbocycles. The Morgan fingerprint density at radius 3 is 1.86 bits per heavy atom. The topological polar surface area (TPSA) is 57.6 Å². The number of carbonyl (C=O) groups excluding carboxylic acids is 1. The van der Waals surface area contributed by atoms with Crippen LogP contribution in [0.4, 0.5) is 0 Å². The Labute approximate surface area is 126 Å². The number of carbonyl (C=O) groups is 2. The lowest BCUT2D eigenvalue weighted by atomic mass is 9.58. The lowest BCUT2D eigenvalue weighted by Crippen LogP contribution is -2.54. The molecule has 4 nitrogen and oxygen atoms in total. The smallest absolute Gasteiger partial charge is 0.307 e. The first-order valence-electron chi connectivity index (χ1n) is 8.49. The van der Waals surface area contributed by atoms with Gasteiger partial charge in [-0.15, -0.1) is 0 Å². The second-order valence-electron chi connectivity index (χ2n) is 7.75. The number of hydrogen-bond acceptors (Lipinski definition) is 2. The number of amides is 1. The summed E-state index contributed by atoms with van der Waals surface area (Å²) in [5.74, 6) is 0.279. The van der Waals surface area contributed by atoms with Gasteiger partial charge in [-0.05, 0) is 55.8 Å². The molecular formula is C17H27NO3. The number of fused-ring (bicyclic) bond motifs is 3. The molecule has 0 radical (unpaired) electrons. The highest BCUT2D eigenvalue weighted by Crippen LogP contribution is 2.49. The normalized spacial score (nSPS) is 42.9. The highest BCUT2D eigenvalue weighted by Gasteiger charge is 2.51. The monoisotopic (exact) mass is 293 g/mol. The van der Waals surface area contributed by atoms with Crippen molar-refractivity contribution in [2.45, 2.75) is 46.0 Å². The zero-order chi connectivity index (χ0) is 15.1. The fourth-order valence-electron chi connectivity index (χ4n) is 5.21. The molecule has 0 aromatic heterocycles. The molecule has 4 atom stereocenters. The highest BCUT2D eigenvalue weighted by atomic mass is 16.4. The van der Waals surface area contributed by atoms with Crippen LogP contribution in [0.2, 0.25) is 0 Å². The van der Waals surface area contributed by atoms with Gasteiger partial charge < -0.3 is 10.0 Å². The van der Waals surface area contributed by atoms with Crippen molar-refractivity contribution < 1.29 is 14.7 Å².